The van der Waals surface area contributed by atoms with Crippen molar-refractivity contribution < 1.29 is 19.1 Å². The number of nitrogens with one attached hydrogen (secondary N) is 1. The van der Waals surface area contributed by atoms with Crippen molar-refractivity contribution in [3.8, 4) is 0 Å². The van der Waals surface area contributed by atoms with Crippen molar-refractivity contribution in [3.63, 3.8) is 0 Å². The third-order valence-electron chi connectivity index (χ3n) is 4.61. The summed E-state index contributed by atoms with van der Waals surface area (Å²) in [6.07, 6.45) is 2.58. The third kappa shape index (κ3) is 4.58. The Hall–Kier alpha value is -3.45. The Morgan fingerprint density at radius 2 is 1.87 bits per heavy atom. The monoisotopic (exact) mass is 418 g/mol. The summed E-state index contributed by atoms with van der Waals surface area (Å²) in [5, 5.41) is 3.30. The lowest BCUT2D eigenvalue weighted by Gasteiger charge is -2.17. The van der Waals surface area contributed by atoms with Crippen LogP contribution in [0, 0.1) is 0 Å². The summed E-state index contributed by atoms with van der Waals surface area (Å²) in [7, 11) is 0. The summed E-state index contributed by atoms with van der Waals surface area (Å²) < 4.78 is 5.27. The van der Waals surface area contributed by atoms with Gasteiger partial charge in [-0.15, -0.1) is 0 Å². The molecule has 1 aliphatic heterocycles. The molecular formula is C23H18N2O4S. The highest BCUT2D eigenvalue weighted by Crippen LogP contribution is 2.29. The summed E-state index contributed by atoms with van der Waals surface area (Å²) in [5.41, 5.74) is 2.38. The average molecular weight is 418 g/mol. The molecule has 0 spiro atoms. The van der Waals surface area contributed by atoms with E-state index in [0.29, 0.717) is 29.0 Å². The lowest BCUT2D eigenvalue weighted by Crippen LogP contribution is -2.20. The molecule has 2 aromatic carbocycles. The molecule has 6 nitrogen and oxygen atoms in total. The molecule has 2 heterocycles. The third-order valence-corrected chi connectivity index (χ3v) is 5.63. The van der Waals surface area contributed by atoms with Crippen LogP contribution >= 0.6 is 11.8 Å². The number of nitrogens with zero attached hydrogens (tertiary/aromatic N) is 1. The Kier molecular flexibility index (Phi) is 5.90. The Morgan fingerprint density at radius 3 is 2.70 bits per heavy atom. The van der Waals surface area contributed by atoms with Crippen LogP contribution in [0.2, 0.25) is 0 Å². The second-order valence-electron chi connectivity index (χ2n) is 6.69. The molecule has 7 heteroatoms. The highest BCUT2D eigenvalue weighted by atomic mass is 32.2. The number of ketones is 1. The van der Waals surface area contributed by atoms with Gasteiger partial charge in [-0.25, -0.2) is 9.78 Å². The Bertz CT molecular complexity index is 1120. The largest absolute Gasteiger partial charge is 0.454 e. The van der Waals surface area contributed by atoms with Crippen LogP contribution < -0.4 is 5.32 Å². The van der Waals surface area contributed by atoms with Crippen LogP contribution in [0.4, 0.5) is 5.69 Å². The molecule has 0 unspecified atom stereocenters. The number of rotatable bonds is 6. The van der Waals surface area contributed by atoms with E-state index >= 15 is 0 Å². The molecule has 0 radical (unpaired) electrons. The van der Waals surface area contributed by atoms with Crippen LogP contribution in [-0.4, -0.2) is 29.3 Å². The number of carbonyl (C=O) groups excluding carboxylic acids is 3. The van der Waals surface area contributed by atoms with E-state index in [1.54, 1.807) is 36.5 Å². The van der Waals surface area contributed by atoms with Crippen LogP contribution in [-0.2, 0) is 16.0 Å². The van der Waals surface area contributed by atoms with Gasteiger partial charge in [0, 0.05) is 28.8 Å². The normalized spacial score (nSPS) is 12.6. The summed E-state index contributed by atoms with van der Waals surface area (Å²) in [5.74, 6) is -0.930. The van der Waals surface area contributed by atoms with E-state index in [-0.39, 0.29) is 18.3 Å². The maximum atomic E-state index is 12.6. The van der Waals surface area contributed by atoms with Crippen molar-refractivity contribution in [2.24, 2.45) is 0 Å². The highest BCUT2D eigenvalue weighted by Gasteiger charge is 2.19. The smallest absolute Gasteiger partial charge is 0.341 e. The number of Topliss-reactive ketones (excluding diaryl/α,β-unsaturated/α-hetero) is 1. The number of ether oxygens (including phenoxy) is 1. The van der Waals surface area contributed by atoms with Gasteiger partial charge in [0.2, 0.25) is 5.91 Å². The summed E-state index contributed by atoms with van der Waals surface area (Å²) in [6.45, 7) is -0.367. The fourth-order valence-electron chi connectivity index (χ4n) is 3.08. The number of benzene rings is 2. The number of aryl methyl sites for hydroxylation is 1. The lowest BCUT2D eigenvalue weighted by atomic mass is 9.99. The van der Waals surface area contributed by atoms with Gasteiger partial charge in [-0.3, -0.25) is 9.59 Å². The van der Waals surface area contributed by atoms with E-state index in [1.165, 1.54) is 11.8 Å². The lowest BCUT2D eigenvalue weighted by molar-refractivity contribution is -0.116. The predicted octanol–water partition coefficient (Wildman–Crippen LogP) is 4.16. The highest BCUT2D eigenvalue weighted by molar-refractivity contribution is 7.99. The number of anilines is 1. The Balaban J connectivity index is 1.43. The van der Waals surface area contributed by atoms with Crippen molar-refractivity contribution in [2.75, 3.05) is 11.9 Å². The molecule has 0 atom stereocenters. The van der Waals surface area contributed by atoms with E-state index in [4.69, 9.17) is 4.74 Å². The zero-order valence-electron chi connectivity index (χ0n) is 16.0. The van der Waals surface area contributed by atoms with E-state index in [1.807, 2.05) is 30.3 Å². The SMILES string of the molecule is O=C1CCc2cc(C(=O)COC(=O)c3cccnc3Sc3ccccc3)ccc2N1. The second-order valence-corrected chi connectivity index (χ2v) is 7.75. The van der Waals surface area contributed by atoms with E-state index < -0.39 is 5.97 Å². The van der Waals surface area contributed by atoms with Crippen molar-refractivity contribution >= 4 is 35.1 Å². The van der Waals surface area contributed by atoms with Crippen LogP contribution in [0.25, 0.3) is 0 Å². The number of fused-ring (bicyclic) bond motifs is 1. The molecule has 1 aliphatic rings. The fraction of sp³-hybridized carbons (Fsp3) is 0.130. The number of hydrogen-bond acceptors (Lipinski definition) is 6. The van der Waals surface area contributed by atoms with Gasteiger partial charge < -0.3 is 10.1 Å². The molecule has 0 aliphatic carbocycles. The van der Waals surface area contributed by atoms with Crippen LogP contribution in [0.5, 0.6) is 0 Å². The summed E-state index contributed by atoms with van der Waals surface area (Å²) in [6, 6.07) is 17.9. The van der Waals surface area contributed by atoms with E-state index in [0.717, 1.165) is 16.1 Å². The molecule has 0 fully saturated rings. The van der Waals surface area contributed by atoms with Gasteiger partial charge in [-0.2, -0.15) is 0 Å². The molecule has 1 amide bonds. The van der Waals surface area contributed by atoms with Crippen LogP contribution in [0.1, 0.15) is 32.7 Å². The van der Waals surface area contributed by atoms with Crippen LogP contribution in [0.15, 0.2) is 76.8 Å². The predicted molar refractivity (Wildman–Crippen MR) is 113 cm³/mol. The minimum atomic E-state index is -0.597. The van der Waals surface area contributed by atoms with E-state index in [9.17, 15) is 14.4 Å². The van der Waals surface area contributed by atoms with Gasteiger partial charge in [-0.1, -0.05) is 30.0 Å². The first-order valence-electron chi connectivity index (χ1n) is 9.41. The molecule has 3 aromatic rings. The van der Waals surface area contributed by atoms with Crippen molar-refractivity contribution in [2.45, 2.75) is 22.8 Å². The number of aromatic nitrogens is 1. The molecule has 30 heavy (non-hydrogen) atoms. The van der Waals surface area contributed by atoms with Gasteiger partial charge in [0.05, 0.1) is 5.56 Å². The van der Waals surface area contributed by atoms with Gasteiger partial charge >= 0.3 is 5.97 Å². The maximum Gasteiger partial charge on any atom is 0.341 e. The molecule has 0 bridgehead atoms. The van der Waals surface area contributed by atoms with Crippen molar-refractivity contribution in [1.82, 2.24) is 4.98 Å². The quantitative estimate of drug-likeness (QED) is 0.478. The summed E-state index contributed by atoms with van der Waals surface area (Å²) >= 11 is 1.36. The number of carbonyl (C=O) groups is 3. The molecule has 4 rings (SSSR count). The van der Waals surface area contributed by atoms with E-state index in [2.05, 4.69) is 10.3 Å². The van der Waals surface area contributed by atoms with Crippen molar-refractivity contribution in [3.05, 3.63) is 83.6 Å². The zero-order valence-corrected chi connectivity index (χ0v) is 16.8. The molecule has 1 aromatic heterocycles. The van der Waals surface area contributed by atoms with Crippen molar-refractivity contribution in [1.29, 1.82) is 0 Å². The topological polar surface area (TPSA) is 85.4 Å². The standard InChI is InChI=1S/C23H18N2O4S/c26-20(16-8-10-19-15(13-16)9-11-21(27)25-19)14-29-23(28)18-7-4-12-24-22(18)30-17-5-2-1-3-6-17/h1-8,10,12-13H,9,11,14H2,(H,25,27). The molecule has 0 saturated carbocycles. The minimum Gasteiger partial charge on any atom is -0.454 e. The number of amides is 1. The first-order valence-corrected chi connectivity index (χ1v) is 10.2. The Morgan fingerprint density at radius 1 is 1.03 bits per heavy atom. The first kappa shape index (κ1) is 19.8. The second kappa shape index (κ2) is 8.92. The average Bonchev–Trinajstić information content (AvgIpc) is 2.78. The first-order chi connectivity index (χ1) is 14.6. The molecular weight excluding hydrogens is 400 g/mol. The van der Waals surface area contributed by atoms with Crippen LogP contribution in [0.3, 0.4) is 0 Å². The number of pyridine rings is 1. The summed E-state index contributed by atoms with van der Waals surface area (Å²) in [4.78, 5) is 41.8. The number of hydrogen-bond donors (Lipinski definition) is 1. The van der Waals surface area contributed by atoms with Gasteiger partial charge in [-0.05, 0) is 54.4 Å². The van der Waals surface area contributed by atoms with Gasteiger partial charge in [0.1, 0.15) is 5.03 Å². The maximum absolute atomic E-state index is 12.6. The Labute approximate surface area is 177 Å². The molecule has 1 N–H and O–H groups in total. The van der Waals surface area contributed by atoms with Gasteiger partial charge in [0.25, 0.3) is 0 Å². The fourth-order valence-corrected chi connectivity index (χ4v) is 3.97. The minimum absolute atomic E-state index is 0.0313. The zero-order chi connectivity index (χ0) is 20.9. The molecule has 150 valence electrons. The van der Waals surface area contributed by atoms with Gasteiger partial charge in [0.15, 0.2) is 12.4 Å². The molecule has 0 saturated heterocycles. The number of esters is 1.